The maximum atomic E-state index is 12.4. The van der Waals surface area contributed by atoms with Gasteiger partial charge in [0.1, 0.15) is 11.5 Å². The van der Waals surface area contributed by atoms with Gasteiger partial charge in [0, 0.05) is 18.9 Å². The fourth-order valence-corrected chi connectivity index (χ4v) is 1.63. The van der Waals surface area contributed by atoms with Gasteiger partial charge in [0.05, 0.1) is 12.7 Å². The standard InChI is InChI=1S/C14H12F3N3O2/c1-22-13(21)10-3-5-12(20-8-10)19-7-9-2-4-11(18-6-9)14(15,16)17/h2-6,8H,7H2,1H3,(H,19,20). The summed E-state index contributed by atoms with van der Waals surface area (Å²) in [6.45, 7) is 0.260. The van der Waals surface area contributed by atoms with Crippen LogP contribution in [0.2, 0.25) is 0 Å². The molecule has 1 N–H and O–H groups in total. The van der Waals surface area contributed by atoms with Crippen LogP contribution in [0.15, 0.2) is 36.7 Å². The smallest absolute Gasteiger partial charge is 0.433 e. The predicted molar refractivity (Wildman–Crippen MR) is 72.1 cm³/mol. The van der Waals surface area contributed by atoms with Crippen molar-refractivity contribution >= 4 is 11.8 Å². The Morgan fingerprint density at radius 3 is 2.45 bits per heavy atom. The van der Waals surface area contributed by atoms with Crippen LogP contribution >= 0.6 is 0 Å². The average molecular weight is 311 g/mol. The van der Waals surface area contributed by atoms with E-state index in [4.69, 9.17) is 0 Å². The van der Waals surface area contributed by atoms with Crippen molar-refractivity contribution in [2.45, 2.75) is 12.7 Å². The number of hydrogen-bond acceptors (Lipinski definition) is 5. The number of carbonyl (C=O) groups is 1. The summed E-state index contributed by atoms with van der Waals surface area (Å²) in [5.41, 5.74) is -0.0482. The molecule has 2 rings (SSSR count). The first-order chi connectivity index (χ1) is 10.4. The molecule has 116 valence electrons. The quantitative estimate of drug-likeness (QED) is 0.880. The van der Waals surface area contributed by atoms with Crippen molar-refractivity contribution in [2.75, 3.05) is 12.4 Å². The number of hydrogen-bond donors (Lipinski definition) is 1. The zero-order valence-corrected chi connectivity index (χ0v) is 11.5. The number of esters is 1. The molecule has 0 atom stereocenters. The van der Waals surface area contributed by atoms with E-state index < -0.39 is 17.8 Å². The summed E-state index contributed by atoms with van der Waals surface area (Å²) in [4.78, 5) is 18.6. The highest BCUT2D eigenvalue weighted by molar-refractivity contribution is 5.89. The Kier molecular flexibility index (Phi) is 4.59. The molecule has 0 unspecified atom stereocenters. The Morgan fingerprint density at radius 1 is 1.18 bits per heavy atom. The molecule has 0 aliphatic carbocycles. The minimum Gasteiger partial charge on any atom is -0.465 e. The van der Waals surface area contributed by atoms with E-state index in [1.165, 1.54) is 25.4 Å². The number of pyridine rings is 2. The molecule has 2 aromatic heterocycles. The summed E-state index contributed by atoms with van der Waals surface area (Å²) in [6, 6.07) is 5.37. The number of aromatic nitrogens is 2. The van der Waals surface area contributed by atoms with Crippen LogP contribution in [0.4, 0.5) is 19.0 Å². The van der Waals surface area contributed by atoms with Crippen LogP contribution in [0.1, 0.15) is 21.6 Å². The van der Waals surface area contributed by atoms with E-state index in [-0.39, 0.29) is 6.54 Å². The van der Waals surface area contributed by atoms with Crippen molar-refractivity contribution in [3.63, 3.8) is 0 Å². The lowest BCUT2D eigenvalue weighted by Gasteiger charge is -2.08. The van der Waals surface area contributed by atoms with Crippen molar-refractivity contribution in [3.8, 4) is 0 Å². The molecule has 0 aliphatic rings. The first-order valence-electron chi connectivity index (χ1n) is 6.20. The Balaban J connectivity index is 1.97. The summed E-state index contributed by atoms with van der Waals surface area (Å²) >= 11 is 0. The number of ether oxygens (including phenoxy) is 1. The van der Waals surface area contributed by atoms with Crippen molar-refractivity contribution in [3.05, 3.63) is 53.5 Å². The number of carbonyl (C=O) groups excluding carboxylic acids is 1. The maximum Gasteiger partial charge on any atom is 0.433 e. The molecule has 0 spiro atoms. The van der Waals surface area contributed by atoms with Gasteiger partial charge in [-0.15, -0.1) is 0 Å². The van der Waals surface area contributed by atoms with Gasteiger partial charge in [0.2, 0.25) is 0 Å². The third kappa shape index (κ3) is 3.94. The second kappa shape index (κ2) is 6.42. The SMILES string of the molecule is COC(=O)c1ccc(NCc2ccc(C(F)(F)F)nc2)nc1. The highest BCUT2D eigenvalue weighted by Gasteiger charge is 2.31. The van der Waals surface area contributed by atoms with Gasteiger partial charge in [0.25, 0.3) is 0 Å². The van der Waals surface area contributed by atoms with E-state index in [9.17, 15) is 18.0 Å². The molecule has 0 saturated carbocycles. The molecule has 0 bridgehead atoms. The fourth-order valence-electron chi connectivity index (χ4n) is 1.63. The number of halogens is 3. The van der Waals surface area contributed by atoms with Crippen LogP contribution in [0.5, 0.6) is 0 Å². The minimum atomic E-state index is -4.45. The molecule has 0 amide bonds. The molecule has 8 heteroatoms. The van der Waals surface area contributed by atoms with Gasteiger partial charge < -0.3 is 10.1 Å². The lowest BCUT2D eigenvalue weighted by Crippen LogP contribution is -2.09. The molecular weight excluding hydrogens is 299 g/mol. The Hall–Kier alpha value is -2.64. The van der Waals surface area contributed by atoms with Crippen LogP contribution in [-0.2, 0) is 17.5 Å². The van der Waals surface area contributed by atoms with Crippen molar-refractivity contribution in [1.82, 2.24) is 9.97 Å². The first kappa shape index (κ1) is 15.7. The molecule has 0 fully saturated rings. The third-order valence-electron chi connectivity index (χ3n) is 2.77. The second-order valence-corrected chi connectivity index (χ2v) is 4.33. The highest BCUT2D eigenvalue weighted by Crippen LogP contribution is 2.27. The van der Waals surface area contributed by atoms with Crippen molar-refractivity contribution in [1.29, 1.82) is 0 Å². The van der Waals surface area contributed by atoms with Gasteiger partial charge in [-0.1, -0.05) is 6.07 Å². The topological polar surface area (TPSA) is 64.1 Å². The van der Waals surface area contributed by atoms with E-state index in [0.29, 0.717) is 16.9 Å². The monoisotopic (exact) mass is 311 g/mol. The van der Waals surface area contributed by atoms with Gasteiger partial charge in [-0.25, -0.2) is 9.78 Å². The number of anilines is 1. The van der Waals surface area contributed by atoms with Crippen LogP contribution in [0, 0.1) is 0 Å². The molecule has 0 aromatic carbocycles. The molecule has 22 heavy (non-hydrogen) atoms. The van der Waals surface area contributed by atoms with Gasteiger partial charge >= 0.3 is 12.1 Å². The minimum absolute atomic E-state index is 0.260. The normalized spacial score (nSPS) is 11.1. The molecule has 0 aliphatic heterocycles. The van der Waals surface area contributed by atoms with E-state index in [1.807, 2.05) is 0 Å². The third-order valence-corrected chi connectivity index (χ3v) is 2.77. The lowest BCUT2D eigenvalue weighted by atomic mass is 10.2. The molecule has 2 aromatic rings. The average Bonchev–Trinajstić information content (AvgIpc) is 2.52. The van der Waals surface area contributed by atoms with Crippen molar-refractivity contribution in [2.24, 2.45) is 0 Å². The predicted octanol–water partition coefficient (Wildman–Crippen LogP) is 2.89. The maximum absolute atomic E-state index is 12.4. The number of alkyl halides is 3. The second-order valence-electron chi connectivity index (χ2n) is 4.33. The van der Waals surface area contributed by atoms with E-state index in [1.54, 1.807) is 6.07 Å². The summed E-state index contributed by atoms with van der Waals surface area (Å²) in [5, 5.41) is 2.92. The van der Waals surface area contributed by atoms with Gasteiger partial charge in [-0.05, 0) is 23.8 Å². The zero-order valence-electron chi connectivity index (χ0n) is 11.5. The molecule has 2 heterocycles. The Labute approximate surface area is 124 Å². The number of methoxy groups -OCH3 is 1. The summed E-state index contributed by atoms with van der Waals surface area (Å²) in [7, 11) is 1.27. The molecule has 0 saturated heterocycles. The summed E-state index contributed by atoms with van der Waals surface area (Å²) in [5.74, 6) is -0.0152. The van der Waals surface area contributed by atoms with Crippen molar-refractivity contribution < 1.29 is 22.7 Å². The van der Waals surface area contributed by atoms with E-state index in [2.05, 4.69) is 20.0 Å². The fraction of sp³-hybridized carbons (Fsp3) is 0.214. The summed E-state index contributed by atoms with van der Waals surface area (Å²) < 4.78 is 41.7. The Morgan fingerprint density at radius 2 is 1.95 bits per heavy atom. The number of rotatable bonds is 4. The van der Waals surface area contributed by atoms with E-state index >= 15 is 0 Å². The number of nitrogens with zero attached hydrogens (tertiary/aromatic N) is 2. The lowest BCUT2D eigenvalue weighted by molar-refractivity contribution is -0.141. The first-order valence-corrected chi connectivity index (χ1v) is 6.20. The van der Waals surface area contributed by atoms with Crippen LogP contribution < -0.4 is 5.32 Å². The van der Waals surface area contributed by atoms with Gasteiger partial charge in [-0.3, -0.25) is 4.98 Å². The molecule has 0 radical (unpaired) electrons. The Bertz CT molecular complexity index is 640. The summed E-state index contributed by atoms with van der Waals surface area (Å²) in [6.07, 6.45) is -1.95. The van der Waals surface area contributed by atoms with Crippen LogP contribution in [-0.4, -0.2) is 23.0 Å². The highest BCUT2D eigenvalue weighted by atomic mass is 19.4. The van der Waals surface area contributed by atoms with Gasteiger partial charge in [-0.2, -0.15) is 13.2 Å². The van der Waals surface area contributed by atoms with Gasteiger partial charge in [0.15, 0.2) is 0 Å². The zero-order chi connectivity index (χ0) is 16.2. The van der Waals surface area contributed by atoms with E-state index in [0.717, 1.165) is 12.3 Å². The van der Waals surface area contributed by atoms with Crippen LogP contribution in [0.25, 0.3) is 0 Å². The molecular formula is C14H12F3N3O2. The van der Waals surface area contributed by atoms with Crippen LogP contribution in [0.3, 0.4) is 0 Å². The largest absolute Gasteiger partial charge is 0.465 e. The molecule has 5 nitrogen and oxygen atoms in total. The number of nitrogens with one attached hydrogen (secondary N) is 1.